The Bertz CT molecular complexity index is 561. The van der Waals surface area contributed by atoms with Crippen molar-refractivity contribution in [1.29, 1.82) is 0 Å². The number of carbonyl (C=O) groups is 1. The molecule has 1 atom stereocenters. The highest BCUT2D eigenvalue weighted by molar-refractivity contribution is 5.79. The van der Waals surface area contributed by atoms with Crippen LogP contribution in [0.15, 0.2) is 4.79 Å². The number of nitrogens with zero attached hydrogens (tertiary/aromatic N) is 2. The number of aromatic nitrogens is 3. The second kappa shape index (κ2) is 5.34. The first-order valence-corrected chi connectivity index (χ1v) is 7.46. The van der Waals surface area contributed by atoms with Gasteiger partial charge in [-0.1, -0.05) is 13.3 Å². The molecular weight excluding hydrogens is 256 g/mol. The second-order valence-electron chi connectivity index (χ2n) is 5.80. The van der Waals surface area contributed by atoms with Crippen molar-refractivity contribution in [3.05, 3.63) is 21.9 Å². The molecule has 0 aromatic carbocycles. The van der Waals surface area contributed by atoms with Crippen molar-refractivity contribution < 1.29 is 4.79 Å². The molecule has 1 aromatic heterocycles. The predicted molar refractivity (Wildman–Crippen MR) is 73.1 cm³/mol. The SMILES string of the molecule is CCC(NC(=O)C1CCC1)c1nnc(C2CC2)[nH]c1=O. The van der Waals surface area contributed by atoms with Crippen molar-refractivity contribution in [1.82, 2.24) is 20.5 Å². The summed E-state index contributed by atoms with van der Waals surface area (Å²) in [6.07, 6.45) is 5.79. The van der Waals surface area contributed by atoms with Gasteiger partial charge in [0.15, 0.2) is 5.69 Å². The Balaban J connectivity index is 1.74. The number of rotatable bonds is 5. The van der Waals surface area contributed by atoms with Gasteiger partial charge in [-0.2, -0.15) is 0 Å². The van der Waals surface area contributed by atoms with Gasteiger partial charge in [-0.3, -0.25) is 9.59 Å². The van der Waals surface area contributed by atoms with Gasteiger partial charge in [0.1, 0.15) is 5.82 Å². The van der Waals surface area contributed by atoms with Crippen LogP contribution in [0.4, 0.5) is 0 Å². The van der Waals surface area contributed by atoms with Gasteiger partial charge in [0.2, 0.25) is 5.91 Å². The Morgan fingerprint density at radius 2 is 2.10 bits per heavy atom. The summed E-state index contributed by atoms with van der Waals surface area (Å²) in [6.45, 7) is 1.93. The fraction of sp³-hybridized carbons (Fsp3) is 0.714. The molecule has 0 spiro atoms. The average molecular weight is 276 g/mol. The highest BCUT2D eigenvalue weighted by atomic mass is 16.2. The van der Waals surface area contributed by atoms with Crippen LogP contribution < -0.4 is 10.9 Å². The molecule has 2 aliphatic rings. The van der Waals surface area contributed by atoms with Crippen molar-refractivity contribution in [3.63, 3.8) is 0 Å². The van der Waals surface area contributed by atoms with Gasteiger partial charge in [-0.05, 0) is 32.1 Å². The minimum atomic E-state index is -0.340. The van der Waals surface area contributed by atoms with E-state index in [1.165, 1.54) is 0 Å². The highest BCUT2D eigenvalue weighted by Crippen LogP contribution is 2.37. The van der Waals surface area contributed by atoms with E-state index in [1.807, 2.05) is 6.92 Å². The van der Waals surface area contributed by atoms with E-state index < -0.39 is 0 Å². The van der Waals surface area contributed by atoms with E-state index in [0.717, 1.165) is 32.1 Å². The van der Waals surface area contributed by atoms with Crippen LogP contribution in [0.25, 0.3) is 0 Å². The van der Waals surface area contributed by atoms with Gasteiger partial charge in [0.25, 0.3) is 5.56 Å². The minimum absolute atomic E-state index is 0.0376. The lowest BCUT2D eigenvalue weighted by molar-refractivity contribution is -0.128. The third-order valence-corrected chi connectivity index (χ3v) is 4.23. The number of hydrogen-bond acceptors (Lipinski definition) is 4. The number of aromatic amines is 1. The molecule has 6 nitrogen and oxygen atoms in total. The topological polar surface area (TPSA) is 87.7 Å². The molecule has 1 amide bonds. The summed E-state index contributed by atoms with van der Waals surface area (Å²) in [5.41, 5.74) is 0.104. The number of carbonyl (C=O) groups excluding carboxylic acids is 1. The molecule has 0 saturated heterocycles. The van der Waals surface area contributed by atoms with Crippen LogP contribution in [0.5, 0.6) is 0 Å². The number of H-pyrrole nitrogens is 1. The largest absolute Gasteiger partial charge is 0.347 e. The lowest BCUT2D eigenvalue weighted by atomic mass is 9.84. The summed E-state index contributed by atoms with van der Waals surface area (Å²) in [5.74, 6) is 1.20. The van der Waals surface area contributed by atoms with Crippen LogP contribution >= 0.6 is 0 Å². The van der Waals surface area contributed by atoms with Crippen molar-refractivity contribution in [2.75, 3.05) is 0 Å². The lowest BCUT2D eigenvalue weighted by Crippen LogP contribution is -2.39. The average Bonchev–Trinajstić information content (AvgIpc) is 3.18. The molecule has 0 aliphatic heterocycles. The monoisotopic (exact) mass is 276 g/mol. The van der Waals surface area contributed by atoms with E-state index in [4.69, 9.17) is 0 Å². The highest BCUT2D eigenvalue weighted by Gasteiger charge is 2.30. The number of nitrogens with one attached hydrogen (secondary N) is 2. The van der Waals surface area contributed by atoms with Gasteiger partial charge < -0.3 is 10.3 Å². The molecule has 0 radical (unpaired) electrons. The zero-order valence-electron chi connectivity index (χ0n) is 11.7. The Morgan fingerprint density at radius 3 is 2.60 bits per heavy atom. The molecular formula is C14H20N4O2. The van der Waals surface area contributed by atoms with Crippen LogP contribution in [0.1, 0.15) is 68.9 Å². The third-order valence-electron chi connectivity index (χ3n) is 4.23. The summed E-state index contributed by atoms with van der Waals surface area (Å²) < 4.78 is 0. The molecule has 1 heterocycles. The van der Waals surface area contributed by atoms with Gasteiger partial charge in [-0.25, -0.2) is 0 Å². The molecule has 108 valence electrons. The number of hydrogen-bond donors (Lipinski definition) is 2. The predicted octanol–water partition coefficient (Wildman–Crippen LogP) is 1.41. The molecule has 6 heteroatoms. The summed E-state index contributed by atoms with van der Waals surface area (Å²) in [5, 5.41) is 11.1. The smallest absolute Gasteiger partial charge is 0.275 e. The van der Waals surface area contributed by atoms with Crippen molar-refractivity contribution in [2.24, 2.45) is 5.92 Å². The maximum absolute atomic E-state index is 12.1. The third kappa shape index (κ3) is 2.59. The van der Waals surface area contributed by atoms with Crippen LogP contribution in [-0.4, -0.2) is 21.1 Å². The molecule has 2 N–H and O–H groups in total. The summed E-state index contributed by atoms with van der Waals surface area (Å²) in [7, 11) is 0. The van der Waals surface area contributed by atoms with Crippen molar-refractivity contribution in [3.8, 4) is 0 Å². The first-order valence-electron chi connectivity index (χ1n) is 7.46. The quantitative estimate of drug-likeness (QED) is 0.851. The van der Waals surface area contributed by atoms with Gasteiger partial charge in [0, 0.05) is 11.8 Å². The number of amides is 1. The van der Waals surface area contributed by atoms with E-state index in [2.05, 4.69) is 20.5 Å². The van der Waals surface area contributed by atoms with Gasteiger partial charge in [-0.15, -0.1) is 10.2 Å². The van der Waals surface area contributed by atoms with Gasteiger partial charge in [0.05, 0.1) is 6.04 Å². The van der Waals surface area contributed by atoms with E-state index in [9.17, 15) is 9.59 Å². The molecule has 20 heavy (non-hydrogen) atoms. The molecule has 1 aromatic rings. The first kappa shape index (κ1) is 13.3. The fourth-order valence-electron chi connectivity index (χ4n) is 2.45. The minimum Gasteiger partial charge on any atom is -0.347 e. The first-order chi connectivity index (χ1) is 9.69. The second-order valence-corrected chi connectivity index (χ2v) is 5.80. The zero-order chi connectivity index (χ0) is 14.1. The van der Waals surface area contributed by atoms with E-state index >= 15 is 0 Å². The van der Waals surface area contributed by atoms with E-state index in [-0.39, 0.29) is 23.4 Å². The van der Waals surface area contributed by atoms with Crippen LogP contribution in [0.2, 0.25) is 0 Å². The summed E-state index contributed by atoms with van der Waals surface area (Å²) >= 11 is 0. The van der Waals surface area contributed by atoms with E-state index in [1.54, 1.807) is 0 Å². The maximum Gasteiger partial charge on any atom is 0.275 e. The Hall–Kier alpha value is -1.72. The molecule has 2 saturated carbocycles. The molecule has 0 bridgehead atoms. The molecule has 2 aliphatic carbocycles. The maximum atomic E-state index is 12.1. The molecule has 1 unspecified atom stereocenters. The zero-order valence-corrected chi connectivity index (χ0v) is 11.7. The van der Waals surface area contributed by atoms with Gasteiger partial charge >= 0.3 is 0 Å². The standard InChI is InChI=1S/C14H20N4O2/c1-2-10(15-13(19)9-4-3-5-9)11-14(20)16-12(18-17-11)8-6-7-8/h8-10H,2-7H2,1H3,(H,15,19)(H,16,18,20). The Labute approximate surface area is 117 Å². The van der Waals surface area contributed by atoms with Crippen LogP contribution in [0, 0.1) is 5.92 Å². The Kier molecular flexibility index (Phi) is 3.54. The summed E-state index contributed by atoms with van der Waals surface area (Å²) in [4.78, 5) is 26.9. The fourth-order valence-corrected chi connectivity index (χ4v) is 2.45. The lowest BCUT2D eigenvalue weighted by Gasteiger charge is -2.26. The van der Waals surface area contributed by atoms with Crippen LogP contribution in [0.3, 0.4) is 0 Å². The van der Waals surface area contributed by atoms with Crippen LogP contribution in [-0.2, 0) is 4.79 Å². The Morgan fingerprint density at radius 1 is 1.35 bits per heavy atom. The summed E-state index contributed by atoms with van der Waals surface area (Å²) in [6, 6.07) is -0.340. The molecule has 2 fully saturated rings. The normalized spacial score (nSPS) is 20.2. The van der Waals surface area contributed by atoms with Crippen molar-refractivity contribution in [2.45, 2.75) is 57.4 Å². The van der Waals surface area contributed by atoms with E-state index in [0.29, 0.717) is 23.9 Å². The molecule has 3 rings (SSSR count). The van der Waals surface area contributed by atoms with Crippen molar-refractivity contribution >= 4 is 5.91 Å².